The van der Waals surface area contributed by atoms with Gasteiger partial charge in [-0.05, 0) is 63.9 Å². The van der Waals surface area contributed by atoms with Gasteiger partial charge in [-0.15, -0.1) is 0 Å². The molecule has 4 heterocycles. The second-order valence-corrected chi connectivity index (χ2v) is 12.1. The van der Waals surface area contributed by atoms with Crippen LogP contribution in [0.4, 0.5) is 20.6 Å². The van der Waals surface area contributed by atoms with Crippen LogP contribution in [0.2, 0.25) is 0 Å². The van der Waals surface area contributed by atoms with Crippen LogP contribution in [0, 0.1) is 5.82 Å². The Morgan fingerprint density at radius 3 is 2.52 bits per heavy atom. The molecule has 0 spiro atoms. The molecule has 0 atom stereocenters. The zero-order chi connectivity index (χ0) is 29.4. The molecule has 10 heteroatoms. The van der Waals surface area contributed by atoms with E-state index in [1.54, 1.807) is 11.0 Å². The number of rotatable bonds is 4. The van der Waals surface area contributed by atoms with Crippen molar-refractivity contribution in [1.29, 1.82) is 0 Å². The summed E-state index contributed by atoms with van der Waals surface area (Å²) in [5, 5.41) is 3.61. The van der Waals surface area contributed by atoms with Crippen molar-refractivity contribution in [1.82, 2.24) is 9.88 Å². The van der Waals surface area contributed by atoms with E-state index in [1.165, 1.54) is 12.1 Å². The number of hydrogen-bond donors (Lipinski definition) is 2. The van der Waals surface area contributed by atoms with Crippen molar-refractivity contribution in [2.75, 3.05) is 49.6 Å². The van der Waals surface area contributed by atoms with Gasteiger partial charge in [-0.25, -0.2) is 9.18 Å². The smallest absolute Gasteiger partial charge is 0.410 e. The van der Waals surface area contributed by atoms with Gasteiger partial charge in [0.1, 0.15) is 22.9 Å². The van der Waals surface area contributed by atoms with Crippen LogP contribution >= 0.6 is 0 Å². The molecule has 0 bridgehead atoms. The maximum Gasteiger partial charge on any atom is 0.410 e. The first-order valence-electron chi connectivity index (χ1n) is 14.6. The number of piperidine rings is 1. The number of nitrogens with one attached hydrogen (secondary N) is 2. The van der Waals surface area contributed by atoms with Crippen LogP contribution in [-0.4, -0.2) is 67.0 Å². The molecule has 0 aliphatic carbocycles. The summed E-state index contributed by atoms with van der Waals surface area (Å²) in [6.45, 7) is 9.40. The molecule has 42 heavy (non-hydrogen) atoms. The quantitative estimate of drug-likeness (QED) is 0.330. The Kier molecular flexibility index (Phi) is 7.57. The van der Waals surface area contributed by atoms with Gasteiger partial charge in [-0.3, -0.25) is 4.79 Å². The normalized spacial score (nSPS) is 17.2. The van der Waals surface area contributed by atoms with E-state index in [0.29, 0.717) is 63.0 Å². The predicted octanol–water partition coefficient (Wildman–Crippen LogP) is 5.53. The summed E-state index contributed by atoms with van der Waals surface area (Å²) >= 11 is 0. The number of benzene rings is 2. The van der Waals surface area contributed by atoms with Gasteiger partial charge in [0, 0.05) is 67.2 Å². The van der Waals surface area contributed by atoms with Crippen LogP contribution < -0.4 is 20.5 Å². The summed E-state index contributed by atoms with van der Waals surface area (Å²) in [6, 6.07) is 12.7. The lowest BCUT2D eigenvalue weighted by Gasteiger charge is -2.34. The highest BCUT2D eigenvalue weighted by molar-refractivity contribution is 5.75. The summed E-state index contributed by atoms with van der Waals surface area (Å²) in [5.41, 5.74) is 3.38. The topological polar surface area (TPSA) is 96.1 Å². The fourth-order valence-electron chi connectivity index (χ4n) is 5.77. The maximum absolute atomic E-state index is 15.3. The molecule has 3 aliphatic heterocycles. The van der Waals surface area contributed by atoms with Gasteiger partial charge >= 0.3 is 6.09 Å². The van der Waals surface area contributed by atoms with Crippen molar-refractivity contribution in [3.8, 4) is 22.8 Å². The number of H-pyrrole nitrogens is 1. The number of anilines is 2. The number of ether oxygens (including phenoxy) is 3. The van der Waals surface area contributed by atoms with E-state index in [9.17, 15) is 9.59 Å². The number of fused-ring (bicyclic) bond motifs is 2. The zero-order valence-electron chi connectivity index (χ0n) is 24.3. The highest BCUT2D eigenvalue weighted by atomic mass is 19.1. The van der Waals surface area contributed by atoms with Gasteiger partial charge in [0.25, 0.3) is 0 Å². The Hall–Kier alpha value is -4.05. The molecule has 3 aliphatic rings. The van der Waals surface area contributed by atoms with Crippen molar-refractivity contribution < 1.29 is 23.4 Å². The number of nitrogens with zero attached hydrogens (tertiary/aromatic N) is 2. The summed E-state index contributed by atoms with van der Waals surface area (Å²) in [5.74, 6) is 0.627. The first-order chi connectivity index (χ1) is 20.1. The van der Waals surface area contributed by atoms with Crippen LogP contribution in [0.1, 0.15) is 44.7 Å². The largest absolute Gasteiger partial charge is 0.456 e. The van der Waals surface area contributed by atoms with Crippen molar-refractivity contribution in [3.05, 3.63) is 69.8 Å². The van der Waals surface area contributed by atoms with E-state index in [4.69, 9.17) is 14.2 Å². The molecular formula is C32H37FN4O5. The minimum atomic E-state index is -0.507. The highest BCUT2D eigenvalue weighted by Crippen LogP contribution is 2.44. The van der Waals surface area contributed by atoms with Crippen LogP contribution in [0.5, 0.6) is 11.5 Å². The van der Waals surface area contributed by atoms with E-state index in [0.717, 1.165) is 35.3 Å². The third-order valence-corrected chi connectivity index (χ3v) is 7.83. The molecule has 222 valence electrons. The summed E-state index contributed by atoms with van der Waals surface area (Å²) in [4.78, 5) is 31.7. The van der Waals surface area contributed by atoms with E-state index < -0.39 is 11.4 Å². The van der Waals surface area contributed by atoms with Gasteiger partial charge in [-0.2, -0.15) is 0 Å². The van der Waals surface area contributed by atoms with Gasteiger partial charge in [0.05, 0.1) is 24.5 Å². The molecule has 0 unspecified atom stereocenters. The summed E-state index contributed by atoms with van der Waals surface area (Å²) < 4.78 is 32.6. The fourth-order valence-corrected chi connectivity index (χ4v) is 5.77. The lowest BCUT2D eigenvalue weighted by atomic mass is 9.95. The van der Waals surface area contributed by atoms with Crippen molar-refractivity contribution in [2.24, 2.45) is 0 Å². The summed E-state index contributed by atoms with van der Waals surface area (Å²) in [7, 11) is 0. The minimum absolute atomic E-state index is 0.231. The third-order valence-electron chi connectivity index (χ3n) is 7.83. The number of carbonyl (C=O) groups is 1. The van der Waals surface area contributed by atoms with E-state index in [1.807, 2.05) is 39.0 Å². The lowest BCUT2D eigenvalue weighted by Crippen LogP contribution is -2.44. The minimum Gasteiger partial charge on any atom is -0.456 e. The molecule has 9 nitrogen and oxygen atoms in total. The number of aromatic nitrogens is 1. The lowest BCUT2D eigenvalue weighted by molar-refractivity contribution is 0.0210. The van der Waals surface area contributed by atoms with Crippen LogP contribution in [0.15, 0.2) is 47.3 Å². The average molecular weight is 577 g/mol. The molecule has 2 N–H and O–H groups in total. The average Bonchev–Trinajstić information content (AvgIpc) is 2.96. The van der Waals surface area contributed by atoms with Gasteiger partial charge in [-0.1, -0.05) is 6.07 Å². The Balaban J connectivity index is 1.18. The first-order valence-corrected chi connectivity index (χ1v) is 14.6. The number of aromatic amines is 1. The zero-order valence-corrected chi connectivity index (χ0v) is 24.3. The molecule has 3 aromatic rings. The van der Waals surface area contributed by atoms with Gasteiger partial charge in [0.2, 0.25) is 5.56 Å². The van der Waals surface area contributed by atoms with Crippen LogP contribution in [0.25, 0.3) is 11.3 Å². The molecular weight excluding hydrogens is 539 g/mol. The summed E-state index contributed by atoms with van der Waals surface area (Å²) in [6.07, 6.45) is 1.94. The fraction of sp³-hybridized carbons (Fsp3) is 0.438. The first kappa shape index (κ1) is 28.1. The molecule has 6 rings (SSSR count). The number of carbonyl (C=O) groups excluding carboxylic acids is 1. The SMILES string of the molecule is CC(C)(C)OC(=O)N1CCC(Nc2ccc3c(c2)Cc2ccc(F)c(-c4cc(N5CCOCC5)cc(=O)[nH]4)c2O3)CC1. The van der Waals surface area contributed by atoms with E-state index >= 15 is 4.39 Å². The third kappa shape index (κ3) is 6.09. The Morgan fingerprint density at radius 1 is 1.02 bits per heavy atom. The van der Waals surface area contributed by atoms with Gasteiger partial charge < -0.3 is 34.3 Å². The van der Waals surface area contributed by atoms with Crippen molar-refractivity contribution in [2.45, 2.75) is 51.7 Å². The molecule has 2 aromatic carbocycles. The molecule has 0 radical (unpaired) electrons. The molecule has 2 saturated heterocycles. The number of amides is 1. The van der Waals surface area contributed by atoms with Gasteiger partial charge in [0.15, 0.2) is 0 Å². The van der Waals surface area contributed by atoms with Crippen molar-refractivity contribution in [3.63, 3.8) is 0 Å². The van der Waals surface area contributed by atoms with E-state index in [2.05, 4.69) is 21.3 Å². The molecule has 1 amide bonds. The Labute approximate surface area is 244 Å². The number of likely N-dealkylation sites (tertiary alicyclic amines) is 1. The molecule has 2 fully saturated rings. The number of hydrogen-bond acceptors (Lipinski definition) is 7. The van der Waals surface area contributed by atoms with Crippen LogP contribution in [0.3, 0.4) is 0 Å². The predicted molar refractivity (Wildman–Crippen MR) is 159 cm³/mol. The Morgan fingerprint density at radius 2 is 1.79 bits per heavy atom. The number of halogens is 1. The monoisotopic (exact) mass is 576 g/mol. The second kappa shape index (κ2) is 11.3. The maximum atomic E-state index is 15.3. The standard InChI is InChI=1S/C32H37FN4O5/c1-32(2,3)42-31(39)37-10-8-22(9-11-37)34-23-5-7-27-21(17-23)16-20-4-6-25(33)29(30(20)41-27)26-18-24(19-28(38)35-26)36-12-14-40-15-13-36/h4-7,17-19,22,34H,8-16H2,1-3H3,(H,35,38). The van der Waals surface area contributed by atoms with Crippen LogP contribution in [-0.2, 0) is 15.9 Å². The Bertz CT molecular complexity index is 1530. The highest BCUT2D eigenvalue weighted by Gasteiger charge is 2.28. The number of morpholine rings is 1. The van der Waals surface area contributed by atoms with Crippen molar-refractivity contribution >= 4 is 17.5 Å². The number of pyridine rings is 1. The van der Waals surface area contributed by atoms with E-state index in [-0.39, 0.29) is 23.3 Å². The molecule has 1 aromatic heterocycles. The molecule has 0 saturated carbocycles. The second-order valence-electron chi connectivity index (χ2n) is 12.1.